The third-order valence-corrected chi connectivity index (χ3v) is 5.48. The molecule has 2 aromatic heterocycles. The molecule has 0 saturated heterocycles. The molecule has 158 valence electrons. The normalized spacial score (nSPS) is 10.8. The molecule has 0 aliphatic rings. The first-order chi connectivity index (χ1) is 15.0. The maximum Gasteiger partial charge on any atom is 0.505 e. The van der Waals surface area contributed by atoms with Gasteiger partial charge in [-0.05, 0) is 37.1 Å². The lowest BCUT2D eigenvalue weighted by molar-refractivity contribution is 0.355. The SMILES string of the molecule is COc1ccc(-c2c(C)nn3c(NCc4cccc([S+]=O)c4)cc(C)nc23)cc1OC. The van der Waals surface area contributed by atoms with Gasteiger partial charge in [-0.1, -0.05) is 18.2 Å². The fraction of sp³-hybridized carbons (Fsp3) is 0.217. The molecule has 4 aromatic rings. The summed E-state index contributed by atoms with van der Waals surface area (Å²) in [6.45, 7) is 4.49. The first-order valence-corrected chi connectivity index (χ1v) is 10.5. The van der Waals surface area contributed by atoms with Crippen LogP contribution >= 0.6 is 0 Å². The predicted molar refractivity (Wildman–Crippen MR) is 121 cm³/mol. The van der Waals surface area contributed by atoms with Gasteiger partial charge in [0.05, 0.1) is 19.9 Å². The van der Waals surface area contributed by atoms with Gasteiger partial charge in [-0.2, -0.15) is 9.61 Å². The van der Waals surface area contributed by atoms with Crippen LogP contribution in [0.2, 0.25) is 0 Å². The van der Waals surface area contributed by atoms with Gasteiger partial charge in [0.25, 0.3) is 4.90 Å². The van der Waals surface area contributed by atoms with Crippen LogP contribution in [-0.4, -0.2) is 28.8 Å². The molecule has 1 N–H and O–H groups in total. The Morgan fingerprint density at radius 2 is 1.84 bits per heavy atom. The van der Waals surface area contributed by atoms with Crippen molar-refractivity contribution in [3.05, 3.63) is 65.5 Å². The summed E-state index contributed by atoms with van der Waals surface area (Å²) >= 11 is 0.494. The summed E-state index contributed by atoms with van der Waals surface area (Å²) in [4.78, 5) is 5.45. The predicted octanol–water partition coefficient (Wildman–Crippen LogP) is 4.43. The van der Waals surface area contributed by atoms with Gasteiger partial charge in [0.15, 0.2) is 17.1 Å². The minimum absolute atomic E-state index is 0.494. The van der Waals surface area contributed by atoms with Gasteiger partial charge < -0.3 is 14.8 Å². The van der Waals surface area contributed by atoms with Crippen LogP contribution in [0, 0.1) is 13.8 Å². The van der Waals surface area contributed by atoms with Crippen LogP contribution in [0.4, 0.5) is 5.82 Å². The number of ether oxygens (including phenoxy) is 2. The van der Waals surface area contributed by atoms with Crippen molar-refractivity contribution in [3.63, 3.8) is 0 Å². The summed E-state index contributed by atoms with van der Waals surface area (Å²) in [5.41, 5.74) is 5.41. The first-order valence-electron chi connectivity index (χ1n) is 9.76. The Hall–Kier alpha value is -3.52. The molecule has 0 spiro atoms. The van der Waals surface area contributed by atoms with Crippen molar-refractivity contribution in [1.82, 2.24) is 14.6 Å². The number of methoxy groups -OCH3 is 2. The Bertz CT molecular complexity index is 1270. The number of fused-ring (bicyclic) bond motifs is 1. The average Bonchev–Trinajstić information content (AvgIpc) is 3.12. The molecule has 0 saturated carbocycles. The van der Waals surface area contributed by atoms with E-state index in [1.165, 1.54) is 0 Å². The van der Waals surface area contributed by atoms with Crippen molar-refractivity contribution >= 4 is 23.1 Å². The number of aromatic nitrogens is 3. The molecule has 4 rings (SSSR count). The van der Waals surface area contributed by atoms with E-state index in [0.29, 0.717) is 34.6 Å². The highest BCUT2D eigenvalue weighted by Crippen LogP contribution is 2.35. The van der Waals surface area contributed by atoms with Gasteiger partial charge in [-0.3, -0.25) is 0 Å². The van der Waals surface area contributed by atoms with Gasteiger partial charge >= 0.3 is 11.7 Å². The first kappa shape index (κ1) is 20.7. The standard InChI is InChI=1S/C23H23N4O3S/c1-14-10-21(24-13-16-6-5-7-18(11-16)31-28)27-23(25-14)22(15(2)26-27)17-8-9-19(29-3)20(12-17)30-4/h5-12,24H,13H2,1-4H3/q+1. The second kappa shape index (κ2) is 8.69. The van der Waals surface area contributed by atoms with Gasteiger partial charge in [-0.25, -0.2) is 4.98 Å². The topological polar surface area (TPSA) is 77.8 Å². The Morgan fingerprint density at radius 1 is 1.03 bits per heavy atom. The molecule has 7 nitrogen and oxygen atoms in total. The van der Waals surface area contributed by atoms with E-state index >= 15 is 0 Å². The Balaban J connectivity index is 1.75. The summed E-state index contributed by atoms with van der Waals surface area (Å²) in [6, 6.07) is 15.3. The van der Waals surface area contributed by atoms with Crippen molar-refractivity contribution < 1.29 is 13.7 Å². The summed E-state index contributed by atoms with van der Waals surface area (Å²) < 4.78 is 23.7. The number of aryl methyl sites for hydroxylation is 2. The van der Waals surface area contributed by atoms with Crippen LogP contribution in [0.1, 0.15) is 17.0 Å². The fourth-order valence-corrected chi connectivity index (χ4v) is 3.93. The molecule has 0 radical (unpaired) electrons. The van der Waals surface area contributed by atoms with E-state index in [0.717, 1.165) is 39.5 Å². The highest BCUT2D eigenvalue weighted by Gasteiger charge is 2.18. The Labute approximate surface area is 184 Å². The number of anilines is 1. The summed E-state index contributed by atoms with van der Waals surface area (Å²) in [6.07, 6.45) is 0. The number of hydrogen-bond acceptors (Lipinski definition) is 6. The minimum Gasteiger partial charge on any atom is -0.493 e. The molecule has 0 fully saturated rings. The molecule has 0 unspecified atom stereocenters. The lowest BCUT2D eigenvalue weighted by atomic mass is 10.1. The maximum atomic E-state index is 11.1. The van der Waals surface area contributed by atoms with Crippen LogP contribution < -0.4 is 14.8 Å². The third kappa shape index (κ3) is 4.06. The van der Waals surface area contributed by atoms with E-state index in [-0.39, 0.29) is 0 Å². The van der Waals surface area contributed by atoms with E-state index < -0.39 is 0 Å². The summed E-state index contributed by atoms with van der Waals surface area (Å²) in [5.74, 6) is 2.16. The van der Waals surface area contributed by atoms with Gasteiger partial charge in [-0.15, -0.1) is 0 Å². The van der Waals surface area contributed by atoms with Crippen molar-refractivity contribution in [1.29, 1.82) is 0 Å². The maximum absolute atomic E-state index is 11.1. The molecule has 0 bridgehead atoms. The summed E-state index contributed by atoms with van der Waals surface area (Å²) in [5, 5.41) is 8.17. The molecule has 2 heterocycles. The minimum atomic E-state index is 0.494. The van der Waals surface area contributed by atoms with E-state index in [4.69, 9.17) is 19.6 Å². The molecule has 0 atom stereocenters. The van der Waals surface area contributed by atoms with Crippen LogP contribution in [0.5, 0.6) is 11.5 Å². The van der Waals surface area contributed by atoms with Crippen molar-refractivity contribution in [3.8, 4) is 22.6 Å². The zero-order valence-corrected chi connectivity index (χ0v) is 18.6. The molecule has 2 aromatic carbocycles. The van der Waals surface area contributed by atoms with Crippen molar-refractivity contribution in [2.45, 2.75) is 25.3 Å². The number of nitrogens with one attached hydrogen (secondary N) is 1. The fourth-order valence-electron chi connectivity index (χ4n) is 3.60. The van der Waals surface area contributed by atoms with E-state index in [1.54, 1.807) is 14.2 Å². The van der Waals surface area contributed by atoms with Gasteiger partial charge in [0.1, 0.15) is 5.82 Å². The molecule has 0 amide bonds. The smallest absolute Gasteiger partial charge is 0.493 e. The Morgan fingerprint density at radius 3 is 2.58 bits per heavy atom. The van der Waals surface area contributed by atoms with Crippen LogP contribution in [0.25, 0.3) is 16.8 Å². The zero-order chi connectivity index (χ0) is 22.0. The Kier molecular flexibility index (Phi) is 5.81. The van der Waals surface area contributed by atoms with Crippen LogP contribution in [0.3, 0.4) is 0 Å². The highest BCUT2D eigenvalue weighted by molar-refractivity contribution is 7.65. The molecule has 0 aliphatic carbocycles. The lowest BCUT2D eigenvalue weighted by Gasteiger charge is -2.11. The van der Waals surface area contributed by atoms with Gasteiger partial charge in [0.2, 0.25) is 0 Å². The summed E-state index contributed by atoms with van der Waals surface area (Å²) in [7, 11) is 3.24. The second-order valence-corrected chi connectivity index (χ2v) is 7.77. The van der Waals surface area contributed by atoms with Gasteiger partial charge in [0, 0.05) is 40.2 Å². The third-order valence-electron chi connectivity index (χ3n) is 5.03. The van der Waals surface area contributed by atoms with Crippen molar-refractivity contribution in [2.24, 2.45) is 0 Å². The second-order valence-electron chi connectivity index (χ2n) is 7.13. The lowest BCUT2D eigenvalue weighted by Crippen LogP contribution is -2.07. The van der Waals surface area contributed by atoms with Crippen LogP contribution in [-0.2, 0) is 22.4 Å². The molecular weight excluding hydrogens is 412 g/mol. The van der Waals surface area contributed by atoms with Crippen LogP contribution in [0.15, 0.2) is 53.4 Å². The molecule has 31 heavy (non-hydrogen) atoms. The quantitative estimate of drug-likeness (QED) is 0.433. The number of nitrogens with zero attached hydrogens (tertiary/aromatic N) is 3. The highest BCUT2D eigenvalue weighted by atomic mass is 32.1. The number of benzene rings is 2. The monoisotopic (exact) mass is 435 g/mol. The average molecular weight is 436 g/mol. The largest absolute Gasteiger partial charge is 0.505 e. The van der Waals surface area contributed by atoms with E-state index in [1.807, 2.05) is 66.9 Å². The van der Waals surface area contributed by atoms with E-state index in [2.05, 4.69) is 5.32 Å². The molecular formula is C23H23N4O3S+. The zero-order valence-electron chi connectivity index (χ0n) is 17.8. The number of hydrogen-bond donors (Lipinski definition) is 1. The number of rotatable bonds is 7. The molecule has 8 heteroatoms. The van der Waals surface area contributed by atoms with Crippen molar-refractivity contribution in [2.75, 3.05) is 19.5 Å². The van der Waals surface area contributed by atoms with E-state index in [9.17, 15) is 4.21 Å². The molecule has 0 aliphatic heterocycles.